The number of aliphatic carboxylic acids is 1. The van der Waals surface area contributed by atoms with E-state index in [1.165, 1.54) is 0 Å². The maximum atomic E-state index is 12.3. The van der Waals surface area contributed by atoms with Crippen molar-refractivity contribution in [2.45, 2.75) is 31.7 Å². The van der Waals surface area contributed by atoms with Gasteiger partial charge >= 0.3 is 5.97 Å². The molecule has 2 aromatic rings. The van der Waals surface area contributed by atoms with Gasteiger partial charge in [0.15, 0.2) is 0 Å². The summed E-state index contributed by atoms with van der Waals surface area (Å²) >= 11 is 0. The molecule has 0 aliphatic rings. The van der Waals surface area contributed by atoms with E-state index in [2.05, 4.69) is 5.32 Å². The summed E-state index contributed by atoms with van der Waals surface area (Å²) in [4.78, 5) is 34.3. The summed E-state index contributed by atoms with van der Waals surface area (Å²) in [6.07, 6.45) is 2.60. The average Bonchev–Trinajstić information content (AvgIpc) is 2.65. The predicted octanol–water partition coefficient (Wildman–Crippen LogP) is 1.90. The molecule has 2 aromatic carbocycles. The standard InChI is InChI=1S/C20H24N2O4/c21-18(20(25)26)10-3-4-11-22-19(24)16(13-23)12-15-8-5-7-14-6-1-2-9-17(14)15/h1-2,5-9,13,16,18H,3-4,10-12,21H2,(H,22,24)(H,25,26). The number of carbonyl (C=O) groups excluding carboxylic acids is 2. The third kappa shape index (κ3) is 5.39. The normalized spacial score (nSPS) is 13.1. The van der Waals surface area contributed by atoms with Crippen LogP contribution in [-0.4, -0.2) is 35.9 Å². The van der Waals surface area contributed by atoms with Crippen LogP contribution in [0, 0.1) is 5.92 Å². The van der Waals surface area contributed by atoms with Crippen LogP contribution in [0.25, 0.3) is 10.8 Å². The van der Waals surface area contributed by atoms with Crippen molar-refractivity contribution in [3.8, 4) is 0 Å². The zero-order chi connectivity index (χ0) is 18.9. The van der Waals surface area contributed by atoms with Gasteiger partial charge < -0.3 is 21.0 Å². The van der Waals surface area contributed by atoms with Crippen LogP contribution in [0.15, 0.2) is 42.5 Å². The van der Waals surface area contributed by atoms with E-state index >= 15 is 0 Å². The molecule has 4 N–H and O–H groups in total. The quantitative estimate of drug-likeness (QED) is 0.342. The smallest absolute Gasteiger partial charge is 0.320 e. The Bertz CT molecular complexity index is 770. The number of aldehydes is 1. The van der Waals surface area contributed by atoms with Crippen LogP contribution >= 0.6 is 0 Å². The number of rotatable bonds is 10. The Morgan fingerprint density at radius 1 is 1.12 bits per heavy atom. The first-order valence-corrected chi connectivity index (χ1v) is 8.71. The molecule has 0 saturated heterocycles. The Labute approximate surface area is 152 Å². The third-order valence-electron chi connectivity index (χ3n) is 4.38. The van der Waals surface area contributed by atoms with Crippen LogP contribution in [0.3, 0.4) is 0 Å². The number of carboxylic acids is 1. The van der Waals surface area contributed by atoms with Crippen molar-refractivity contribution in [3.05, 3.63) is 48.0 Å². The lowest BCUT2D eigenvalue weighted by molar-refractivity contribution is -0.138. The van der Waals surface area contributed by atoms with Crippen LogP contribution in [-0.2, 0) is 20.8 Å². The molecule has 0 heterocycles. The van der Waals surface area contributed by atoms with Crippen molar-refractivity contribution >= 4 is 28.9 Å². The van der Waals surface area contributed by atoms with E-state index < -0.39 is 17.9 Å². The molecule has 0 aromatic heterocycles. The highest BCUT2D eigenvalue weighted by Crippen LogP contribution is 2.21. The van der Waals surface area contributed by atoms with E-state index in [4.69, 9.17) is 10.8 Å². The summed E-state index contributed by atoms with van der Waals surface area (Å²) in [5.74, 6) is -2.08. The Morgan fingerprint density at radius 3 is 2.58 bits per heavy atom. The minimum Gasteiger partial charge on any atom is -0.480 e. The number of unbranched alkanes of at least 4 members (excludes halogenated alkanes) is 1. The lowest BCUT2D eigenvalue weighted by atomic mass is 9.95. The van der Waals surface area contributed by atoms with Crippen molar-refractivity contribution in [3.63, 3.8) is 0 Å². The molecular formula is C20H24N2O4. The largest absolute Gasteiger partial charge is 0.480 e. The summed E-state index contributed by atoms with van der Waals surface area (Å²) in [5, 5.41) is 13.6. The molecule has 0 spiro atoms. The van der Waals surface area contributed by atoms with Gasteiger partial charge in [-0.1, -0.05) is 42.5 Å². The number of fused-ring (bicyclic) bond motifs is 1. The molecule has 138 valence electrons. The molecule has 6 heteroatoms. The summed E-state index contributed by atoms with van der Waals surface area (Å²) in [5.41, 5.74) is 6.39. The van der Waals surface area contributed by atoms with Gasteiger partial charge in [-0.2, -0.15) is 0 Å². The van der Waals surface area contributed by atoms with Crippen molar-refractivity contribution in [2.24, 2.45) is 11.7 Å². The van der Waals surface area contributed by atoms with Gasteiger partial charge in [-0.3, -0.25) is 9.59 Å². The SMILES string of the molecule is NC(CCCCNC(=O)C(C=O)Cc1cccc2ccccc12)C(=O)O. The van der Waals surface area contributed by atoms with Gasteiger partial charge in [0, 0.05) is 6.54 Å². The van der Waals surface area contributed by atoms with Crippen LogP contribution in [0.1, 0.15) is 24.8 Å². The molecule has 0 fully saturated rings. The highest BCUT2D eigenvalue weighted by Gasteiger charge is 2.19. The van der Waals surface area contributed by atoms with Gasteiger partial charge in [-0.15, -0.1) is 0 Å². The van der Waals surface area contributed by atoms with Crippen LogP contribution in [0.5, 0.6) is 0 Å². The topological polar surface area (TPSA) is 109 Å². The van der Waals surface area contributed by atoms with E-state index in [0.717, 1.165) is 16.3 Å². The maximum absolute atomic E-state index is 12.3. The molecule has 26 heavy (non-hydrogen) atoms. The Hall–Kier alpha value is -2.73. The first-order valence-electron chi connectivity index (χ1n) is 8.71. The number of nitrogens with two attached hydrogens (primary N) is 1. The van der Waals surface area contributed by atoms with E-state index in [1.54, 1.807) is 0 Å². The van der Waals surface area contributed by atoms with Gasteiger partial charge in [-0.05, 0) is 42.0 Å². The zero-order valence-corrected chi connectivity index (χ0v) is 14.6. The summed E-state index contributed by atoms with van der Waals surface area (Å²) in [6, 6.07) is 12.8. The first-order chi connectivity index (χ1) is 12.5. The van der Waals surface area contributed by atoms with Gasteiger partial charge in [0.2, 0.25) is 5.91 Å². The molecule has 0 saturated carbocycles. The van der Waals surface area contributed by atoms with E-state index in [0.29, 0.717) is 38.5 Å². The summed E-state index contributed by atoms with van der Waals surface area (Å²) in [6.45, 7) is 0.394. The number of hydrogen-bond donors (Lipinski definition) is 3. The molecule has 0 aliphatic carbocycles. The van der Waals surface area contributed by atoms with E-state index in [9.17, 15) is 14.4 Å². The fraction of sp³-hybridized carbons (Fsp3) is 0.350. The van der Waals surface area contributed by atoms with Crippen molar-refractivity contribution in [1.82, 2.24) is 5.32 Å². The third-order valence-corrected chi connectivity index (χ3v) is 4.38. The molecule has 1 amide bonds. The van der Waals surface area contributed by atoms with Crippen molar-refractivity contribution in [1.29, 1.82) is 0 Å². The minimum atomic E-state index is -1.02. The molecule has 2 atom stereocenters. The van der Waals surface area contributed by atoms with Crippen LogP contribution in [0.4, 0.5) is 0 Å². The fourth-order valence-electron chi connectivity index (χ4n) is 2.87. The zero-order valence-electron chi connectivity index (χ0n) is 14.6. The number of nitrogens with one attached hydrogen (secondary N) is 1. The van der Waals surface area contributed by atoms with Gasteiger partial charge in [-0.25, -0.2) is 0 Å². The fourth-order valence-corrected chi connectivity index (χ4v) is 2.87. The lowest BCUT2D eigenvalue weighted by Crippen LogP contribution is -2.34. The lowest BCUT2D eigenvalue weighted by Gasteiger charge is -2.13. The highest BCUT2D eigenvalue weighted by molar-refractivity contribution is 5.93. The van der Waals surface area contributed by atoms with E-state index in [-0.39, 0.29) is 5.91 Å². The average molecular weight is 356 g/mol. The van der Waals surface area contributed by atoms with Crippen molar-refractivity contribution < 1.29 is 19.5 Å². The van der Waals surface area contributed by atoms with Crippen LogP contribution < -0.4 is 11.1 Å². The first kappa shape index (κ1) is 19.6. The number of carbonyl (C=O) groups is 3. The van der Waals surface area contributed by atoms with E-state index in [1.807, 2.05) is 42.5 Å². The monoisotopic (exact) mass is 356 g/mol. The Kier molecular flexibility index (Phi) is 7.29. The number of carboxylic acid groups (broad SMARTS) is 1. The molecule has 2 rings (SSSR count). The molecular weight excluding hydrogens is 332 g/mol. The predicted molar refractivity (Wildman–Crippen MR) is 99.7 cm³/mol. The summed E-state index contributed by atoms with van der Waals surface area (Å²) in [7, 11) is 0. The second-order valence-electron chi connectivity index (χ2n) is 6.32. The maximum Gasteiger partial charge on any atom is 0.320 e. The second-order valence-corrected chi connectivity index (χ2v) is 6.32. The molecule has 6 nitrogen and oxygen atoms in total. The number of benzene rings is 2. The molecule has 0 aliphatic heterocycles. The van der Waals surface area contributed by atoms with Gasteiger partial charge in [0.1, 0.15) is 12.3 Å². The Morgan fingerprint density at radius 2 is 1.85 bits per heavy atom. The van der Waals surface area contributed by atoms with Gasteiger partial charge in [0.25, 0.3) is 0 Å². The molecule has 0 radical (unpaired) electrons. The summed E-state index contributed by atoms with van der Waals surface area (Å²) < 4.78 is 0. The highest BCUT2D eigenvalue weighted by atomic mass is 16.4. The minimum absolute atomic E-state index is 0.310. The van der Waals surface area contributed by atoms with Gasteiger partial charge in [0.05, 0.1) is 5.92 Å². The molecule has 0 bridgehead atoms. The molecule has 2 unspecified atom stereocenters. The Balaban J connectivity index is 1.86. The van der Waals surface area contributed by atoms with Crippen LogP contribution in [0.2, 0.25) is 0 Å². The second kappa shape index (κ2) is 9.68. The number of amides is 1. The van der Waals surface area contributed by atoms with Crippen molar-refractivity contribution in [2.75, 3.05) is 6.54 Å². The number of hydrogen-bond acceptors (Lipinski definition) is 4.